The fraction of sp³-hybridized carbons (Fsp3) is 0.273. The molecule has 0 bridgehead atoms. The number of methoxy groups -OCH3 is 1. The molecule has 7 heteroatoms. The topological polar surface area (TPSA) is 53.5 Å². The first-order valence-corrected chi connectivity index (χ1v) is 9.63. The molecule has 150 valence electrons. The SMILES string of the molecule is COc1ccc(Nc2nc(C)cc(N3CCN(c4ccc(F)cc4)CC3)n2)cc1. The number of rotatable bonds is 5. The molecule has 0 saturated carbocycles. The summed E-state index contributed by atoms with van der Waals surface area (Å²) in [6, 6.07) is 16.3. The van der Waals surface area contributed by atoms with E-state index >= 15 is 0 Å². The number of nitrogens with zero attached hydrogens (tertiary/aromatic N) is 4. The Kier molecular flexibility index (Phi) is 5.46. The molecule has 1 aliphatic rings. The van der Waals surface area contributed by atoms with E-state index in [-0.39, 0.29) is 5.82 Å². The van der Waals surface area contributed by atoms with Gasteiger partial charge in [0.25, 0.3) is 0 Å². The molecule has 4 rings (SSSR count). The minimum absolute atomic E-state index is 0.208. The van der Waals surface area contributed by atoms with Crippen LogP contribution in [0.2, 0.25) is 0 Å². The third-order valence-electron chi connectivity index (χ3n) is 4.98. The second kappa shape index (κ2) is 8.34. The third kappa shape index (κ3) is 4.56. The summed E-state index contributed by atoms with van der Waals surface area (Å²) in [5.74, 6) is 2.08. The van der Waals surface area contributed by atoms with Crippen LogP contribution in [0, 0.1) is 12.7 Å². The zero-order valence-electron chi connectivity index (χ0n) is 16.6. The second-order valence-corrected chi connectivity index (χ2v) is 7.00. The summed E-state index contributed by atoms with van der Waals surface area (Å²) < 4.78 is 18.3. The first kappa shape index (κ1) is 19.0. The molecule has 6 nitrogen and oxygen atoms in total. The van der Waals surface area contributed by atoms with E-state index in [1.807, 2.05) is 49.4 Å². The van der Waals surface area contributed by atoms with E-state index in [9.17, 15) is 4.39 Å². The lowest BCUT2D eigenvalue weighted by molar-refractivity contribution is 0.415. The Balaban J connectivity index is 1.44. The molecule has 0 amide bonds. The van der Waals surface area contributed by atoms with Crippen LogP contribution in [0.3, 0.4) is 0 Å². The lowest BCUT2D eigenvalue weighted by Gasteiger charge is -2.36. The van der Waals surface area contributed by atoms with Gasteiger partial charge >= 0.3 is 0 Å². The van der Waals surface area contributed by atoms with Gasteiger partial charge in [-0.05, 0) is 55.5 Å². The summed E-state index contributed by atoms with van der Waals surface area (Å²) in [6.45, 7) is 5.37. The van der Waals surface area contributed by atoms with E-state index in [4.69, 9.17) is 9.72 Å². The van der Waals surface area contributed by atoms with E-state index in [2.05, 4.69) is 20.1 Å². The highest BCUT2D eigenvalue weighted by atomic mass is 19.1. The second-order valence-electron chi connectivity index (χ2n) is 7.00. The summed E-state index contributed by atoms with van der Waals surface area (Å²) in [7, 11) is 1.65. The molecule has 3 aromatic rings. The number of hydrogen-bond acceptors (Lipinski definition) is 6. The predicted molar refractivity (Wildman–Crippen MR) is 114 cm³/mol. The molecule has 0 atom stereocenters. The highest BCUT2D eigenvalue weighted by molar-refractivity contribution is 5.57. The standard InChI is InChI=1S/C22H24FN5O/c1-16-15-21(26-22(24-16)25-18-5-9-20(29-2)10-6-18)28-13-11-27(12-14-28)19-7-3-17(23)4-8-19/h3-10,15H,11-14H2,1-2H3,(H,24,25,26). The van der Waals surface area contributed by atoms with Crippen molar-refractivity contribution in [2.45, 2.75) is 6.92 Å². The number of nitrogens with one attached hydrogen (secondary N) is 1. The summed E-state index contributed by atoms with van der Waals surface area (Å²) in [6.07, 6.45) is 0. The summed E-state index contributed by atoms with van der Waals surface area (Å²) >= 11 is 0. The van der Waals surface area contributed by atoms with Gasteiger partial charge in [-0.25, -0.2) is 9.37 Å². The maximum absolute atomic E-state index is 13.2. The Morgan fingerprint density at radius 2 is 1.55 bits per heavy atom. The predicted octanol–water partition coefficient (Wildman–Crippen LogP) is 4.00. The molecule has 29 heavy (non-hydrogen) atoms. The minimum Gasteiger partial charge on any atom is -0.497 e. The van der Waals surface area contributed by atoms with Crippen LogP contribution in [-0.4, -0.2) is 43.3 Å². The van der Waals surface area contributed by atoms with Crippen LogP contribution in [0.15, 0.2) is 54.6 Å². The molecule has 0 aliphatic carbocycles. The van der Waals surface area contributed by atoms with E-state index in [1.165, 1.54) is 12.1 Å². The number of hydrogen-bond donors (Lipinski definition) is 1. The number of halogens is 1. The number of piperazine rings is 1. The highest BCUT2D eigenvalue weighted by Crippen LogP contribution is 2.23. The molecule has 1 fully saturated rings. The van der Waals surface area contributed by atoms with Crippen LogP contribution in [0.1, 0.15) is 5.69 Å². The Bertz CT molecular complexity index is 954. The third-order valence-corrected chi connectivity index (χ3v) is 4.98. The number of aromatic nitrogens is 2. The van der Waals surface area contributed by atoms with Crippen molar-refractivity contribution in [3.05, 3.63) is 66.1 Å². The van der Waals surface area contributed by atoms with Gasteiger partial charge in [-0.2, -0.15) is 4.98 Å². The quantitative estimate of drug-likeness (QED) is 0.707. The summed E-state index contributed by atoms with van der Waals surface area (Å²) in [4.78, 5) is 13.7. The van der Waals surface area contributed by atoms with Crippen LogP contribution in [0.5, 0.6) is 5.75 Å². The molecule has 0 unspecified atom stereocenters. The van der Waals surface area contributed by atoms with E-state index in [1.54, 1.807) is 7.11 Å². The molecule has 2 heterocycles. The molecule has 0 spiro atoms. The van der Waals surface area contributed by atoms with Crippen LogP contribution in [0.25, 0.3) is 0 Å². The van der Waals surface area contributed by atoms with Gasteiger partial charge in [0.15, 0.2) is 0 Å². The average Bonchev–Trinajstić information content (AvgIpc) is 2.75. The number of ether oxygens (including phenoxy) is 1. The van der Waals surface area contributed by atoms with E-state index in [0.29, 0.717) is 5.95 Å². The first-order chi connectivity index (χ1) is 14.1. The number of aryl methyl sites for hydroxylation is 1. The first-order valence-electron chi connectivity index (χ1n) is 9.63. The van der Waals surface area contributed by atoms with Crippen LogP contribution in [-0.2, 0) is 0 Å². The van der Waals surface area contributed by atoms with Crippen molar-refractivity contribution in [3.63, 3.8) is 0 Å². The van der Waals surface area contributed by atoms with Gasteiger partial charge in [0.2, 0.25) is 5.95 Å². The van der Waals surface area contributed by atoms with Gasteiger partial charge in [0, 0.05) is 49.3 Å². The van der Waals surface area contributed by atoms with Crippen molar-refractivity contribution >= 4 is 23.1 Å². The van der Waals surface area contributed by atoms with Crippen LogP contribution >= 0.6 is 0 Å². The lowest BCUT2D eigenvalue weighted by Crippen LogP contribution is -2.46. The number of anilines is 4. The normalized spacial score (nSPS) is 14.0. The molecule has 0 radical (unpaired) electrons. The fourth-order valence-electron chi connectivity index (χ4n) is 3.42. The lowest BCUT2D eigenvalue weighted by atomic mass is 10.2. The van der Waals surface area contributed by atoms with Gasteiger partial charge in [0.1, 0.15) is 17.4 Å². The zero-order valence-corrected chi connectivity index (χ0v) is 16.6. The van der Waals surface area contributed by atoms with Crippen molar-refractivity contribution in [1.82, 2.24) is 9.97 Å². The van der Waals surface area contributed by atoms with Gasteiger partial charge < -0.3 is 19.9 Å². The highest BCUT2D eigenvalue weighted by Gasteiger charge is 2.19. The Hall–Kier alpha value is -3.35. The van der Waals surface area contributed by atoms with E-state index < -0.39 is 0 Å². The van der Waals surface area contributed by atoms with Gasteiger partial charge in [-0.3, -0.25) is 0 Å². The molecule has 1 aromatic heterocycles. The zero-order chi connectivity index (χ0) is 20.2. The summed E-state index contributed by atoms with van der Waals surface area (Å²) in [5, 5.41) is 3.27. The molecule has 2 aromatic carbocycles. The van der Waals surface area contributed by atoms with Gasteiger partial charge in [0.05, 0.1) is 7.11 Å². The summed E-state index contributed by atoms with van der Waals surface area (Å²) in [5.41, 5.74) is 2.86. The minimum atomic E-state index is -0.208. The Labute approximate surface area is 170 Å². The van der Waals surface area contributed by atoms with E-state index in [0.717, 1.165) is 54.8 Å². The van der Waals surface area contributed by atoms with Crippen molar-refractivity contribution in [2.24, 2.45) is 0 Å². The van der Waals surface area contributed by atoms with Crippen molar-refractivity contribution in [3.8, 4) is 5.75 Å². The smallest absolute Gasteiger partial charge is 0.229 e. The van der Waals surface area contributed by atoms with Crippen LogP contribution < -0.4 is 19.9 Å². The Morgan fingerprint density at radius 3 is 2.21 bits per heavy atom. The molecule has 1 saturated heterocycles. The fourth-order valence-corrected chi connectivity index (χ4v) is 3.42. The van der Waals surface area contributed by atoms with Gasteiger partial charge in [-0.15, -0.1) is 0 Å². The van der Waals surface area contributed by atoms with Crippen molar-refractivity contribution in [2.75, 3.05) is 48.4 Å². The average molecular weight is 393 g/mol. The molecule has 1 aliphatic heterocycles. The van der Waals surface area contributed by atoms with Crippen molar-refractivity contribution < 1.29 is 9.13 Å². The van der Waals surface area contributed by atoms with Crippen molar-refractivity contribution in [1.29, 1.82) is 0 Å². The molecule has 1 N–H and O–H groups in total. The largest absolute Gasteiger partial charge is 0.497 e. The maximum Gasteiger partial charge on any atom is 0.229 e. The van der Waals surface area contributed by atoms with Crippen LogP contribution in [0.4, 0.5) is 27.5 Å². The van der Waals surface area contributed by atoms with Gasteiger partial charge in [-0.1, -0.05) is 0 Å². The molecular weight excluding hydrogens is 369 g/mol. The number of benzene rings is 2. The molecular formula is C22H24FN5O. The monoisotopic (exact) mass is 393 g/mol. The Morgan fingerprint density at radius 1 is 0.897 bits per heavy atom. The maximum atomic E-state index is 13.2.